The molecule has 1 atom stereocenters. The van der Waals surface area contributed by atoms with E-state index >= 15 is 0 Å². The molecule has 2 aliphatic rings. The molecule has 2 aliphatic heterocycles. The maximum absolute atomic E-state index is 12.5. The highest BCUT2D eigenvalue weighted by atomic mass is 35.5. The Balaban J connectivity index is 1.81. The Bertz CT molecular complexity index is 857. The molecule has 0 saturated heterocycles. The summed E-state index contributed by atoms with van der Waals surface area (Å²) in [7, 11) is 0. The van der Waals surface area contributed by atoms with E-state index in [0.717, 1.165) is 11.1 Å². The van der Waals surface area contributed by atoms with Gasteiger partial charge in [0, 0.05) is 28.8 Å². The third-order valence-electron chi connectivity index (χ3n) is 4.20. The van der Waals surface area contributed by atoms with E-state index in [1.807, 2.05) is 30.3 Å². The van der Waals surface area contributed by atoms with Crippen LogP contribution in [0, 0.1) is 0 Å². The highest BCUT2D eigenvalue weighted by Crippen LogP contribution is 2.46. The molecule has 1 amide bonds. The zero-order chi connectivity index (χ0) is 16.0. The molecule has 23 heavy (non-hydrogen) atoms. The monoisotopic (exact) mass is 325 g/mol. The number of rotatable bonds is 1. The lowest BCUT2D eigenvalue weighted by Gasteiger charge is -2.31. The number of nitrogens with one attached hydrogen (secondary N) is 1. The first kappa shape index (κ1) is 14.0. The molecule has 114 valence electrons. The zero-order valence-electron chi connectivity index (χ0n) is 12.0. The fourth-order valence-electron chi connectivity index (χ4n) is 3.11. The van der Waals surface area contributed by atoms with Gasteiger partial charge >= 0.3 is 5.97 Å². The van der Waals surface area contributed by atoms with Crippen LogP contribution >= 0.6 is 11.6 Å². The van der Waals surface area contributed by atoms with Gasteiger partial charge in [0.2, 0.25) is 5.60 Å². The van der Waals surface area contributed by atoms with Crippen LogP contribution in [0.15, 0.2) is 54.6 Å². The largest absolute Gasteiger partial charge is 0.440 e. The number of carbonyl (C=O) groups excluding carboxylic acids is 2. The molecule has 2 aromatic carbocycles. The molecule has 5 heteroatoms. The van der Waals surface area contributed by atoms with E-state index in [0.29, 0.717) is 22.7 Å². The van der Waals surface area contributed by atoms with Crippen LogP contribution in [-0.4, -0.2) is 11.9 Å². The molecular formula is C18H12ClNO3. The number of halogens is 1. The minimum absolute atomic E-state index is 0.295. The first-order valence-corrected chi connectivity index (χ1v) is 7.57. The molecule has 2 aromatic rings. The van der Waals surface area contributed by atoms with E-state index in [2.05, 4.69) is 5.32 Å². The van der Waals surface area contributed by atoms with E-state index < -0.39 is 11.6 Å². The average molecular weight is 326 g/mol. The summed E-state index contributed by atoms with van der Waals surface area (Å²) in [5.74, 6) is -0.834. The minimum atomic E-state index is -1.29. The molecule has 1 N–H and O–H groups in total. The van der Waals surface area contributed by atoms with Crippen LogP contribution in [0.1, 0.15) is 17.5 Å². The second-order valence-electron chi connectivity index (χ2n) is 5.60. The number of ether oxygens (including phenoxy) is 1. The van der Waals surface area contributed by atoms with Gasteiger partial charge in [0.15, 0.2) is 0 Å². The molecule has 2 heterocycles. The highest BCUT2D eigenvalue weighted by Gasteiger charge is 2.52. The average Bonchev–Trinajstić information content (AvgIpc) is 2.80. The summed E-state index contributed by atoms with van der Waals surface area (Å²) in [5, 5.41) is 3.41. The predicted octanol–water partition coefficient (Wildman–Crippen LogP) is 3.52. The molecular weight excluding hydrogens is 314 g/mol. The van der Waals surface area contributed by atoms with E-state index in [1.54, 1.807) is 18.2 Å². The summed E-state index contributed by atoms with van der Waals surface area (Å²) in [6, 6.07) is 14.5. The van der Waals surface area contributed by atoms with E-state index in [-0.39, 0.29) is 5.91 Å². The van der Waals surface area contributed by atoms with Crippen molar-refractivity contribution in [1.82, 2.24) is 0 Å². The Kier molecular flexibility index (Phi) is 3.03. The Labute approximate surface area is 137 Å². The van der Waals surface area contributed by atoms with Crippen molar-refractivity contribution in [2.75, 3.05) is 5.32 Å². The summed E-state index contributed by atoms with van der Waals surface area (Å²) in [6.07, 6.45) is 1.73. The zero-order valence-corrected chi connectivity index (χ0v) is 12.8. The Morgan fingerprint density at radius 3 is 2.57 bits per heavy atom. The number of esters is 1. The number of fused-ring (bicyclic) bond motifs is 2. The molecule has 0 fully saturated rings. The molecule has 0 aromatic heterocycles. The maximum Gasteiger partial charge on any atom is 0.332 e. The van der Waals surface area contributed by atoms with Crippen molar-refractivity contribution in [2.45, 2.75) is 12.0 Å². The number of hydrogen-bond donors (Lipinski definition) is 1. The fourth-order valence-corrected chi connectivity index (χ4v) is 3.24. The van der Waals surface area contributed by atoms with Gasteiger partial charge in [-0.25, -0.2) is 4.79 Å². The number of anilines is 1. The van der Waals surface area contributed by atoms with E-state index in [1.165, 1.54) is 6.08 Å². The Morgan fingerprint density at radius 2 is 1.78 bits per heavy atom. The lowest BCUT2D eigenvalue weighted by molar-refractivity contribution is -0.163. The molecule has 4 rings (SSSR count). The molecule has 1 spiro atoms. The number of benzene rings is 2. The molecule has 0 saturated carbocycles. The number of hydrogen-bond acceptors (Lipinski definition) is 3. The van der Waals surface area contributed by atoms with E-state index in [4.69, 9.17) is 16.3 Å². The first-order valence-electron chi connectivity index (χ1n) is 7.19. The Hall–Kier alpha value is -2.59. The summed E-state index contributed by atoms with van der Waals surface area (Å²) in [6.45, 7) is 0. The first-order chi connectivity index (χ1) is 11.1. The second-order valence-corrected chi connectivity index (χ2v) is 6.04. The highest BCUT2D eigenvalue weighted by molar-refractivity contribution is 6.30. The van der Waals surface area contributed by atoms with Gasteiger partial charge in [0.1, 0.15) is 0 Å². The fraction of sp³-hybridized carbons (Fsp3) is 0.111. The van der Waals surface area contributed by atoms with E-state index in [9.17, 15) is 9.59 Å². The van der Waals surface area contributed by atoms with Gasteiger partial charge in [-0.05, 0) is 29.3 Å². The molecule has 4 nitrogen and oxygen atoms in total. The van der Waals surface area contributed by atoms with Gasteiger partial charge in [-0.3, -0.25) is 4.79 Å². The van der Waals surface area contributed by atoms with Gasteiger partial charge < -0.3 is 10.1 Å². The quantitative estimate of drug-likeness (QED) is 0.816. The van der Waals surface area contributed by atoms with Crippen molar-refractivity contribution in [3.8, 4) is 0 Å². The minimum Gasteiger partial charge on any atom is -0.440 e. The van der Waals surface area contributed by atoms with Crippen molar-refractivity contribution >= 4 is 34.7 Å². The van der Waals surface area contributed by atoms with Crippen LogP contribution < -0.4 is 5.32 Å². The van der Waals surface area contributed by atoms with Crippen LogP contribution in [0.5, 0.6) is 0 Å². The smallest absolute Gasteiger partial charge is 0.332 e. The van der Waals surface area contributed by atoms with Crippen molar-refractivity contribution in [3.05, 3.63) is 70.8 Å². The van der Waals surface area contributed by atoms with Gasteiger partial charge in [-0.1, -0.05) is 41.9 Å². The second kappa shape index (κ2) is 4.96. The third kappa shape index (κ3) is 2.14. The molecule has 0 radical (unpaired) electrons. The van der Waals surface area contributed by atoms with Gasteiger partial charge in [0.05, 0.1) is 0 Å². The molecule has 0 aliphatic carbocycles. The topological polar surface area (TPSA) is 55.4 Å². The normalized spacial score (nSPS) is 22.4. The molecule has 0 bridgehead atoms. The van der Waals surface area contributed by atoms with Crippen molar-refractivity contribution < 1.29 is 14.3 Å². The SMILES string of the molecule is O=C1C=C(c2ccc(Cl)cc2)C[C@@]2(O1)C(=O)Nc1ccccc12. The van der Waals surface area contributed by atoms with Gasteiger partial charge in [-0.2, -0.15) is 0 Å². The number of carbonyl (C=O) groups is 2. The van der Waals surface area contributed by atoms with Crippen molar-refractivity contribution in [2.24, 2.45) is 0 Å². The third-order valence-corrected chi connectivity index (χ3v) is 4.45. The summed E-state index contributed by atoms with van der Waals surface area (Å²) in [4.78, 5) is 24.7. The lowest BCUT2D eigenvalue weighted by atomic mass is 9.84. The predicted molar refractivity (Wildman–Crippen MR) is 86.9 cm³/mol. The Morgan fingerprint density at radius 1 is 1.04 bits per heavy atom. The van der Waals surface area contributed by atoms with Crippen molar-refractivity contribution in [1.29, 1.82) is 0 Å². The lowest BCUT2D eigenvalue weighted by Crippen LogP contribution is -2.41. The van der Waals surface area contributed by atoms with Crippen molar-refractivity contribution in [3.63, 3.8) is 0 Å². The van der Waals surface area contributed by atoms with Crippen LogP contribution in [0.25, 0.3) is 5.57 Å². The van der Waals surface area contributed by atoms with Crippen LogP contribution in [-0.2, 0) is 19.9 Å². The summed E-state index contributed by atoms with van der Waals surface area (Å²) < 4.78 is 5.50. The number of amides is 1. The van der Waals surface area contributed by atoms with Gasteiger partial charge in [-0.15, -0.1) is 0 Å². The standard InChI is InChI=1S/C18H12ClNO3/c19-13-7-5-11(6-8-13)12-9-16(21)23-18(10-12)14-3-1-2-4-15(14)20-17(18)22/h1-9H,10H2,(H,20,22)/t18-/m0/s1. The summed E-state index contributed by atoms with van der Waals surface area (Å²) >= 11 is 5.91. The number of para-hydroxylation sites is 1. The summed E-state index contributed by atoms with van der Waals surface area (Å²) in [5.41, 5.74) is 1.69. The van der Waals surface area contributed by atoms with Gasteiger partial charge in [0.25, 0.3) is 5.91 Å². The maximum atomic E-state index is 12.5. The van der Waals surface area contributed by atoms with Crippen LogP contribution in [0.2, 0.25) is 5.02 Å². The van der Waals surface area contributed by atoms with Crippen LogP contribution in [0.4, 0.5) is 5.69 Å². The molecule has 0 unspecified atom stereocenters. The van der Waals surface area contributed by atoms with Crippen LogP contribution in [0.3, 0.4) is 0 Å².